The minimum absolute atomic E-state index is 0.196. The zero-order chi connectivity index (χ0) is 21.1. The number of halogens is 1. The summed E-state index contributed by atoms with van der Waals surface area (Å²) < 4.78 is 8.44. The summed E-state index contributed by atoms with van der Waals surface area (Å²) in [4.78, 5) is 4.89. The number of fused-ring (bicyclic) bond motifs is 1. The third kappa shape index (κ3) is 4.36. The van der Waals surface area contributed by atoms with Gasteiger partial charge in [0.1, 0.15) is 5.75 Å². The molecule has 4 heteroatoms. The van der Waals surface area contributed by atoms with Crippen LogP contribution in [0.2, 0.25) is 5.02 Å². The highest BCUT2D eigenvalue weighted by Crippen LogP contribution is 2.27. The smallest absolute Gasteiger partial charge is 0.153 e. The Morgan fingerprint density at radius 3 is 2.33 bits per heavy atom. The van der Waals surface area contributed by atoms with Crippen molar-refractivity contribution in [2.24, 2.45) is 0 Å². The van der Waals surface area contributed by atoms with Gasteiger partial charge in [-0.15, -0.1) is 0 Å². The van der Waals surface area contributed by atoms with E-state index in [9.17, 15) is 0 Å². The van der Waals surface area contributed by atoms with E-state index in [0.29, 0.717) is 10.9 Å². The maximum absolute atomic E-state index is 6.19. The molecule has 0 aliphatic rings. The molecule has 0 bridgehead atoms. The minimum atomic E-state index is -0.196. The molecule has 3 aromatic carbocycles. The van der Waals surface area contributed by atoms with Gasteiger partial charge in [0.25, 0.3) is 0 Å². The van der Waals surface area contributed by atoms with Gasteiger partial charge in [0.2, 0.25) is 0 Å². The Labute approximate surface area is 183 Å². The second-order valence-corrected chi connectivity index (χ2v) is 8.25. The second-order valence-electron chi connectivity index (χ2n) is 7.81. The Balaban J connectivity index is 1.65. The molecule has 30 heavy (non-hydrogen) atoms. The lowest BCUT2D eigenvalue weighted by Gasteiger charge is -2.17. The summed E-state index contributed by atoms with van der Waals surface area (Å²) >= 11 is 6.00. The van der Waals surface area contributed by atoms with Gasteiger partial charge in [-0.3, -0.25) is 0 Å². The molecule has 2 unspecified atom stereocenters. The highest BCUT2D eigenvalue weighted by Gasteiger charge is 2.18. The van der Waals surface area contributed by atoms with Crippen molar-refractivity contribution in [3.05, 3.63) is 94.8 Å². The van der Waals surface area contributed by atoms with Gasteiger partial charge in [0.05, 0.1) is 11.0 Å². The van der Waals surface area contributed by atoms with E-state index in [1.54, 1.807) is 0 Å². The molecule has 0 fully saturated rings. The molecule has 4 aromatic rings. The van der Waals surface area contributed by atoms with Gasteiger partial charge in [0, 0.05) is 11.6 Å². The number of ether oxygens (including phenoxy) is 1. The van der Waals surface area contributed by atoms with Crippen LogP contribution in [-0.4, -0.2) is 9.55 Å². The number of para-hydroxylation sites is 2. The highest BCUT2D eigenvalue weighted by atomic mass is 35.5. The molecular weight excluding hydrogens is 392 g/mol. The van der Waals surface area contributed by atoms with Gasteiger partial charge in [-0.05, 0) is 66.8 Å². The lowest BCUT2D eigenvalue weighted by Crippen LogP contribution is -2.12. The lowest BCUT2D eigenvalue weighted by atomic mass is 9.97. The van der Waals surface area contributed by atoms with Gasteiger partial charge in [-0.2, -0.15) is 0 Å². The number of aromatic nitrogens is 2. The molecule has 0 saturated heterocycles. The van der Waals surface area contributed by atoms with E-state index in [2.05, 4.69) is 60.9 Å². The summed E-state index contributed by atoms with van der Waals surface area (Å²) in [6, 6.07) is 24.7. The zero-order valence-electron chi connectivity index (χ0n) is 17.7. The summed E-state index contributed by atoms with van der Waals surface area (Å²) in [5.41, 5.74) is 4.74. The first-order valence-electron chi connectivity index (χ1n) is 10.5. The average Bonchev–Trinajstić information content (AvgIpc) is 3.14. The predicted molar refractivity (Wildman–Crippen MR) is 124 cm³/mol. The van der Waals surface area contributed by atoms with Crippen LogP contribution < -0.4 is 4.74 Å². The first-order chi connectivity index (χ1) is 14.5. The molecule has 1 heterocycles. The summed E-state index contributed by atoms with van der Waals surface area (Å²) in [5, 5.41) is 0.697. The monoisotopic (exact) mass is 418 g/mol. The first kappa shape index (κ1) is 20.5. The fraction of sp³-hybridized carbons (Fsp3) is 0.269. The summed E-state index contributed by atoms with van der Waals surface area (Å²) in [7, 11) is 0. The summed E-state index contributed by atoms with van der Waals surface area (Å²) in [6.45, 7) is 7.29. The molecule has 0 radical (unpaired) electrons. The fourth-order valence-corrected chi connectivity index (χ4v) is 3.84. The normalized spacial score (nSPS) is 13.3. The molecule has 0 amide bonds. The quantitative estimate of drug-likeness (QED) is 0.312. The number of nitrogens with zero attached hydrogens (tertiary/aromatic N) is 2. The zero-order valence-corrected chi connectivity index (χ0v) is 18.4. The van der Waals surface area contributed by atoms with E-state index in [0.717, 1.165) is 35.6 Å². The largest absolute Gasteiger partial charge is 0.483 e. The van der Waals surface area contributed by atoms with Crippen molar-refractivity contribution < 1.29 is 4.74 Å². The summed E-state index contributed by atoms with van der Waals surface area (Å²) in [6.07, 6.45) is 0.952. The third-order valence-corrected chi connectivity index (χ3v) is 5.93. The molecule has 0 aliphatic carbocycles. The maximum Gasteiger partial charge on any atom is 0.153 e. The fourth-order valence-electron chi connectivity index (χ4n) is 3.71. The van der Waals surface area contributed by atoms with E-state index in [1.165, 1.54) is 11.1 Å². The molecule has 3 nitrogen and oxygen atoms in total. The number of hydrogen-bond donors (Lipinski definition) is 0. The number of benzene rings is 3. The van der Waals surface area contributed by atoms with Crippen LogP contribution in [0.5, 0.6) is 5.75 Å². The Kier molecular flexibility index (Phi) is 6.10. The van der Waals surface area contributed by atoms with Crippen LogP contribution >= 0.6 is 11.6 Å². The van der Waals surface area contributed by atoms with Crippen LogP contribution in [0.3, 0.4) is 0 Å². The van der Waals surface area contributed by atoms with Crippen LogP contribution in [0, 0.1) is 0 Å². The average molecular weight is 419 g/mol. The van der Waals surface area contributed by atoms with Gasteiger partial charge < -0.3 is 9.30 Å². The van der Waals surface area contributed by atoms with Crippen LogP contribution in [0.4, 0.5) is 0 Å². The van der Waals surface area contributed by atoms with Crippen molar-refractivity contribution in [2.75, 3.05) is 0 Å². The Morgan fingerprint density at radius 1 is 0.933 bits per heavy atom. The molecular formula is C26H27ClN2O. The summed E-state index contributed by atoms with van der Waals surface area (Å²) in [5.74, 6) is 2.28. The van der Waals surface area contributed by atoms with Crippen molar-refractivity contribution in [1.82, 2.24) is 9.55 Å². The van der Waals surface area contributed by atoms with E-state index >= 15 is 0 Å². The molecule has 154 valence electrons. The van der Waals surface area contributed by atoms with Crippen LogP contribution in [0.1, 0.15) is 56.2 Å². The third-order valence-electron chi connectivity index (χ3n) is 5.68. The maximum atomic E-state index is 6.19. The van der Waals surface area contributed by atoms with Crippen molar-refractivity contribution in [1.29, 1.82) is 0 Å². The van der Waals surface area contributed by atoms with Crippen molar-refractivity contribution >= 4 is 22.6 Å². The van der Waals surface area contributed by atoms with E-state index in [1.807, 2.05) is 37.3 Å². The van der Waals surface area contributed by atoms with Crippen molar-refractivity contribution in [3.8, 4) is 5.75 Å². The standard InChI is InChI=1S/C26H27ClN2O/c1-4-18(2)21-11-9-20(10-12-21)17-29-25-8-6-5-7-24(25)28-26(29)19(3)30-23-15-13-22(27)14-16-23/h5-16,18-19H,4,17H2,1-3H3. The van der Waals surface area contributed by atoms with E-state index in [-0.39, 0.29) is 6.10 Å². The van der Waals surface area contributed by atoms with Crippen molar-refractivity contribution in [3.63, 3.8) is 0 Å². The molecule has 0 spiro atoms. The Bertz CT molecular complexity index is 1120. The van der Waals surface area contributed by atoms with Crippen molar-refractivity contribution in [2.45, 2.75) is 45.8 Å². The second kappa shape index (κ2) is 8.93. The highest BCUT2D eigenvalue weighted by molar-refractivity contribution is 6.30. The van der Waals surface area contributed by atoms with Gasteiger partial charge >= 0.3 is 0 Å². The molecule has 0 saturated carbocycles. The topological polar surface area (TPSA) is 27.1 Å². The molecule has 1 aromatic heterocycles. The Hall–Kier alpha value is -2.78. The van der Waals surface area contributed by atoms with E-state index < -0.39 is 0 Å². The number of rotatable bonds is 7. The SMILES string of the molecule is CCC(C)c1ccc(Cn2c(C(C)Oc3ccc(Cl)cc3)nc3ccccc32)cc1. The van der Waals surface area contributed by atoms with Gasteiger partial charge in [-0.1, -0.05) is 61.8 Å². The molecule has 0 N–H and O–H groups in total. The van der Waals surface area contributed by atoms with Crippen LogP contribution in [0.25, 0.3) is 11.0 Å². The molecule has 0 aliphatic heterocycles. The molecule has 2 atom stereocenters. The van der Waals surface area contributed by atoms with Gasteiger partial charge in [-0.25, -0.2) is 4.98 Å². The number of hydrogen-bond acceptors (Lipinski definition) is 2. The van der Waals surface area contributed by atoms with Crippen LogP contribution in [-0.2, 0) is 6.54 Å². The van der Waals surface area contributed by atoms with E-state index in [4.69, 9.17) is 21.3 Å². The predicted octanol–water partition coefficient (Wildman–Crippen LogP) is 7.39. The van der Waals surface area contributed by atoms with Crippen LogP contribution in [0.15, 0.2) is 72.8 Å². The first-order valence-corrected chi connectivity index (χ1v) is 10.9. The Morgan fingerprint density at radius 2 is 1.63 bits per heavy atom. The number of imidazole rings is 1. The van der Waals surface area contributed by atoms with Gasteiger partial charge in [0.15, 0.2) is 11.9 Å². The minimum Gasteiger partial charge on any atom is -0.483 e. The lowest BCUT2D eigenvalue weighted by molar-refractivity contribution is 0.212. The molecule has 4 rings (SSSR count).